The van der Waals surface area contributed by atoms with E-state index in [1.165, 1.54) is 18.3 Å². The predicted octanol–water partition coefficient (Wildman–Crippen LogP) is 0.870. The summed E-state index contributed by atoms with van der Waals surface area (Å²) in [7, 11) is -3.62. The summed E-state index contributed by atoms with van der Waals surface area (Å²) in [6.45, 7) is 1.77. The van der Waals surface area contributed by atoms with Crippen molar-refractivity contribution in [2.75, 3.05) is 5.43 Å². The maximum atomic E-state index is 12.2. The highest BCUT2D eigenvalue weighted by Gasteiger charge is 2.18. The minimum atomic E-state index is -3.62. The topological polar surface area (TPSA) is 110 Å². The van der Waals surface area contributed by atoms with Crippen molar-refractivity contribution in [1.82, 2.24) is 9.71 Å². The maximum absolute atomic E-state index is 12.2. The molecule has 2 aromatic rings. The summed E-state index contributed by atoms with van der Waals surface area (Å²) in [6.07, 6.45) is 3.40. The maximum Gasteiger partial charge on any atom is 0.241 e. The fraction of sp³-hybridized carbons (Fsp3) is 0.250. The number of anilines is 1. The van der Waals surface area contributed by atoms with Crippen molar-refractivity contribution in [3.05, 3.63) is 42.5 Å². The number of furan rings is 1. The fourth-order valence-electron chi connectivity index (χ4n) is 1.76. The van der Waals surface area contributed by atoms with Crippen LogP contribution in [0.3, 0.4) is 0 Å². The second kappa shape index (κ2) is 6.04. The predicted molar refractivity (Wildman–Crippen MR) is 74.2 cm³/mol. The zero-order valence-electron chi connectivity index (χ0n) is 10.9. The molecular weight excluding hydrogens is 280 g/mol. The van der Waals surface area contributed by atoms with Gasteiger partial charge in [-0.2, -0.15) is 0 Å². The van der Waals surface area contributed by atoms with Crippen LogP contribution in [0.4, 0.5) is 5.82 Å². The molecule has 0 amide bonds. The molecule has 2 heterocycles. The Morgan fingerprint density at radius 3 is 2.90 bits per heavy atom. The van der Waals surface area contributed by atoms with Crippen LogP contribution in [0, 0.1) is 0 Å². The third kappa shape index (κ3) is 3.56. The molecule has 20 heavy (non-hydrogen) atoms. The van der Waals surface area contributed by atoms with E-state index in [1.807, 2.05) is 0 Å². The normalized spacial score (nSPS) is 13.1. The van der Waals surface area contributed by atoms with E-state index >= 15 is 0 Å². The van der Waals surface area contributed by atoms with Gasteiger partial charge in [0.2, 0.25) is 10.0 Å². The van der Waals surface area contributed by atoms with Gasteiger partial charge < -0.3 is 9.84 Å². The summed E-state index contributed by atoms with van der Waals surface area (Å²) >= 11 is 0. The van der Waals surface area contributed by atoms with Crippen LogP contribution in [-0.4, -0.2) is 19.4 Å². The molecule has 0 bridgehead atoms. The summed E-state index contributed by atoms with van der Waals surface area (Å²) in [6, 6.07) is 6.03. The molecule has 0 saturated heterocycles. The molecule has 0 saturated carbocycles. The molecule has 7 nitrogen and oxygen atoms in total. The average Bonchev–Trinajstić information content (AvgIpc) is 2.91. The van der Waals surface area contributed by atoms with Crippen LogP contribution in [0.1, 0.15) is 12.7 Å². The Bertz CT molecular complexity index is 655. The van der Waals surface area contributed by atoms with Crippen LogP contribution in [0.5, 0.6) is 0 Å². The van der Waals surface area contributed by atoms with Gasteiger partial charge in [-0.1, -0.05) is 0 Å². The number of hydrogen-bond donors (Lipinski definition) is 3. The van der Waals surface area contributed by atoms with Gasteiger partial charge in [0.25, 0.3) is 0 Å². The minimum Gasteiger partial charge on any atom is -0.469 e. The van der Waals surface area contributed by atoms with E-state index in [-0.39, 0.29) is 16.8 Å². The number of pyridine rings is 1. The molecule has 4 N–H and O–H groups in total. The molecule has 1 atom stereocenters. The molecule has 0 aliphatic rings. The summed E-state index contributed by atoms with van der Waals surface area (Å²) < 4.78 is 32.2. The van der Waals surface area contributed by atoms with E-state index in [1.54, 1.807) is 25.3 Å². The van der Waals surface area contributed by atoms with E-state index in [0.29, 0.717) is 6.42 Å². The Balaban J connectivity index is 2.10. The number of hydrogen-bond acceptors (Lipinski definition) is 6. The molecule has 0 aliphatic heterocycles. The molecule has 1 unspecified atom stereocenters. The van der Waals surface area contributed by atoms with E-state index < -0.39 is 10.0 Å². The summed E-state index contributed by atoms with van der Waals surface area (Å²) in [5.41, 5.74) is 2.31. The van der Waals surface area contributed by atoms with Crippen molar-refractivity contribution in [2.24, 2.45) is 5.84 Å². The second-order valence-corrected chi connectivity index (χ2v) is 6.04. The molecule has 0 aliphatic carbocycles. The molecule has 2 aromatic heterocycles. The Labute approximate surface area is 117 Å². The first-order chi connectivity index (χ1) is 9.51. The van der Waals surface area contributed by atoms with Gasteiger partial charge in [0.05, 0.1) is 11.2 Å². The van der Waals surface area contributed by atoms with Gasteiger partial charge in [-0.25, -0.2) is 24.0 Å². The second-order valence-electron chi connectivity index (χ2n) is 4.33. The smallest absolute Gasteiger partial charge is 0.241 e. The van der Waals surface area contributed by atoms with Crippen LogP contribution in [0.2, 0.25) is 0 Å². The molecule has 108 valence electrons. The lowest BCUT2D eigenvalue weighted by Crippen LogP contribution is -2.34. The fourth-order valence-corrected chi connectivity index (χ4v) is 3.02. The van der Waals surface area contributed by atoms with Gasteiger partial charge in [0.15, 0.2) is 0 Å². The largest absolute Gasteiger partial charge is 0.469 e. The Kier molecular flexibility index (Phi) is 4.38. The van der Waals surface area contributed by atoms with Gasteiger partial charge in [0, 0.05) is 24.7 Å². The van der Waals surface area contributed by atoms with Crippen LogP contribution < -0.4 is 16.0 Å². The monoisotopic (exact) mass is 296 g/mol. The van der Waals surface area contributed by atoms with Crippen molar-refractivity contribution >= 4 is 15.8 Å². The lowest BCUT2D eigenvalue weighted by Gasteiger charge is -2.13. The lowest BCUT2D eigenvalue weighted by molar-refractivity contribution is 0.479. The summed E-state index contributed by atoms with van der Waals surface area (Å²) in [4.78, 5) is 3.97. The zero-order chi connectivity index (χ0) is 14.6. The highest BCUT2D eigenvalue weighted by Crippen LogP contribution is 2.13. The minimum absolute atomic E-state index is 0.103. The van der Waals surface area contributed by atoms with Gasteiger partial charge in [-0.3, -0.25) is 0 Å². The van der Waals surface area contributed by atoms with Crippen molar-refractivity contribution in [3.8, 4) is 0 Å². The van der Waals surface area contributed by atoms with Crippen molar-refractivity contribution in [1.29, 1.82) is 0 Å². The van der Waals surface area contributed by atoms with E-state index in [2.05, 4.69) is 15.1 Å². The Morgan fingerprint density at radius 2 is 2.25 bits per heavy atom. The standard InChI is InChI=1S/C12H16N4O3S/c1-9(7-10-3-2-6-19-10)16-20(17,18)11-4-5-14-12(8-11)15-13/h2-6,8-9,16H,7,13H2,1H3,(H,14,15). The summed E-state index contributed by atoms with van der Waals surface area (Å²) in [5, 5.41) is 0. The molecule has 8 heteroatoms. The number of nitrogens with one attached hydrogen (secondary N) is 2. The van der Waals surface area contributed by atoms with E-state index in [4.69, 9.17) is 10.3 Å². The number of aromatic nitrogens is 1. The molecule has 0 radical (unpaired) electrons. The first kappa shape index (κ1) is 14.5. The molecule has 2 rings (SSSR count). The third-order valence-electron chi connectivity index (χ3n) is 2.63. The molecule has 0 aromatic carbocycles. The van der Waals surface area contributed by atoms with Crippen molar-refractivity contribution in [3.63, 3.8) is 0 Å². The highest BCUT2D eigenvalue weighted by atomic mass is 32.2. The van der Waals surface area contributed by atoms with Gasteiger partial charge in [0.1, 0.15) is 11.6 Å². The number of hydrazine groups is 1. The molecular formula is C12H16N4O3S. The third-order valence-corrected chi connectivity index (χ3v) is 4.22. The average molecular weight is 296 g/mol. The molecule has 0 fully saturated rings. The highest BCUT2D eigenvalue weighted by molar-refractivity contribution is 7.89. The van der Waals surface area contributed by atoms with Gasteiger partial charge >= 0.3 is 0 Å². The number of nitrogens with two attached hydrogens (primary N) is 1. The van der Waals surface area contributed by atoms with Crippen molar-refractivity contribution in [2.45, 2.75) is 24.3 Å². The quantitative estimate of drug-likeness (QED) is 0.539. The zero-order valence-corrected chi connectivity index (χ0v) is 11.7. The number of nitrogen functional groups attached to an aromatic ring is 1. The SMILES string of the molecule is CC(Cc1ccco1)NS(=O)(=O)c1ccnc(NN)c1. The van der Waals surface area contributed by atoms with Crippen molar-refractivity contribution < 1.29 is 12.8 Å². The van der Waals surface area contributed by atoms with Gasteiger partial charge in [-0.15, -0.1) is 0 Å². The number of sulfonamides is 1. The Morgan fingerprint density at radius 1 is 1.45 bits per heavy atom. The molecule has 0 spiro atoms. The number of nitrogens with zero attached hydrogens (tertiary/aromatic N) is 1. The van der Waals surface area contributed by atoms with Gasteiger partial charge in [-0.05, 0) is 25.1 Å². The van der Waals surface area contributed by atoms with Crippen LogP contribution in [0.25, 0.3) is 0 Å². The van der Waals surface area contributed by atoms with Crippen LogP contribution in [-0.2, 0) is 16.4 Å². The van der Waals surface area contributed by atoms with E-state index in [0.717, 1.165) is 5.76 Å². The lowest BCUT2D eigenvalue weighted by atomic mass is 10.2. The summed E-state index contributed by atoms with van der Waals surface area (Å²) in [5.74, 6) is 6.22. The van der Waals surface area contributed by atoms with Crippen LogP contribution in [0.15, 0.2) is 46.0 Å². The van der Waals surface area contributed by atoms with Crippen LogP contribution >= 0.6 is 0 Å². The van der Waals surface area contributed by atoms with E-state index in [9.17, 15) is 8.42 Å². The first-order valence-corrected chi connectivity index (χ1v) is 7.47. The first-order valence-electron chi connectivity index (χ1n) is 5.98. The number of rotatable bonds is 6. The Hall–Kier alpha value is -1.90.